The molecule has 0 bridgehead atoms. The summed E-state index contributed by atoms with van der Waals surface area (Å²) in [5, 5.41) is 20.1. The van der Waals surface area contributed by atoms with E-state index in [0.717, 1.165) is 48.7 Å². The second-order valence-electron chi connectivity index (χ2n) is 9.08. The zero-order chi connectivity index (χ0) is 23.4. The normalized spacial score (nSPS) is 15.6. The molecule has 0 fully saturated rings. The Kier molecular flexibility index (Phi) is 6.93. The third-order valence-electron chi connectivity index (χ3n) is 6.86. The number of fused-ring (bicyclic) bond motifs is 3. The molecule has 33 heavy (non-hydrogen) atoms. The quantitative estimate of drug-likeness (QED) is 0.341. The van der Waals surface area contributed by atoms with Crippen LogP contribution >= 0.6 is 0 Å². The summed E-state index contributed by atoms with van der Waals surface area (Å²) in [5.74, 6) is -0.819. The van der Waals surface area contributed by atoms with Gasteiger partial charge in [0.15, 0.2) is 0 Å². The molecule has 3 aromatic rings. The predicted molar refractivity (Wildman–Crippen MR) is 129 cm³/mol. The SMILES string of the molecule is CCCCCCC1CCCc2c(n(C(=O)c3cccc(C#N)c3)c3c(C(=O)O)cccc23)C1. The van der Waals surface area contributed by atoms with Crippen molar-refractivity contribution in [2.75, 3.05) is 0 Å². The van der Waals surface area contributed by atoms with Gasteiger partial charge in [0.05, 0.1) is 22.7 Å². The van der Waals surface area contributed by atoms with Crippen molar-refractivity contribution in [3.05, 3.63) is 70.4 Å². The maximum absolute atomic E-state index is 13.8. The van der Waals surface area contributed by atoms with E-state index in [1.165, 1.54) is 25.7 Å². The first-order valence-electron chi connectivity index (χ1n) is 12.0. The Morgan fingerprint density at radius 1 is 1.15 bits per heavy atom. The van der Waals surface area contributed by atoms with Crippen molar-refractivity contribution in [1.82, 2.24) is 4.57 Å². The lowest BCUT2D eigenvalue weighted by atomic mass is 9.93. The third kappa shape index (κ3) is 4.57. The Labute approximate surface area is 194 Å². The van der Waals surface area contributed by atoms with Crippen LogP contribution in [0.1, 0.15) is 89.4 Å². The number of hydrogen-bond donors (Lipinski definition) is 1. The second kappa shape index (κ2) is 10.0. The van der Waals surface area contributed by atoms with Crippen LogP contribution in [0, 0.1) is 17.2 Å². The van der Waals surface area contributed by atoms with Gasteiger partial charge in [-0.15, -0.1) is 0 Å². The monoisotopic (exact) mass is 442 g/mol. The maximum atomic E-state index is 13.8. The molecule has 0 amide bonds. The van der Waals surface area contributed by atoms with Crippen LogP contribution in [0.5, 0.6) is 0 Å². The summed E-state index contributed by atoms with van der Waals surface area (Å²) in [4.78, 5) is 25.9. The molecule has 1 N–H and O–H groups in total. The number of rotatable bonds is 7. The highest BCUT2D eigenvalue weighted by molar-refractivity contribution is 6.10. The standard InChI is InChI=1S/C28H30N2O3/c1-2-3-4-5-9-19-10-7-13-22-23-14-8-15-24(28(32)33)26(23)30(25(22)17-19)27(31)21-12-6-11-20(16-21)18-29/h6,8,11-12,14-16,19H,2-5,7,9-10,13,17H2,1H3,(H,32,33). The number of carbonyl (C=O) groups is 2. The van der Waals surface area contributed by atoms with Crippen molar-refractivity contribution in [2.45, 2.75) is 64.7 Å². The van der Waals surface area contributed by atoms with E-state index in [0.29, 0.717) is 22.6 Å². The number of benzene rings is 2. The molecule has 1 unspecified atom stereocenters. The van der Waals surface area contributed by atoms with Crippen molar-refractivity contribution in [3.8, 4) is 6.07 Å². The number of carbonyl (C=O) groups excluding carboxylic acids is 1. The Morgan fingerprint density at radius 2 is 1.97 bits per heavy atom. The zero-order valence-electron chi connectivity index (χ0n) is 19.1. The average Bonchev–Trinajstić information content (AvgIpc) is 2.98. The van der Waals surface area contributed by atoms with Crippen LogP contribution in [0.2, 0.25) is 0 Å². The van der Waals surface area contributed by atoms with Crippen molar-refractivity contribution in [3.63, 3.8) is 0 Å². The number of nitriles is 1. The molecule has 0 spiro atoms. The lowest BCUT2D eigenvalue weighted by molar-refractivity contribution is 0.0698. The summed E-state index contributed by atoms with van der Waals surface area (Å²) in [5.41, 5.74) is 3.49. The molecular weight excluding hydrogens is 412 g/mol. The van der Waals surface area contributed by atoms with E-state index < -0.39 is 5.97 Å². The van der Waals surface area contributed by atoms with Gasteiger partial charge in [0.1, 0.15) is 0 Å². The minimum Gasteiger partial charge on any atom is -0.478 e. The number of aromatic carboxylic acids is 1. The summed E-state index contributed by atoms with van der Waals surface area (Å²) < 4.78 is 1.65. The van der Waals surface area contributed by atoms with Crippen LogP contribution in [-0.4, -0.2) is 21.6 Å². The molecule has 5 nitrogen and oxygen atoms in total. The van der Waals surface area contributed by atoms with Gasteiger partial charge in [-0.05, 0) is 61.4 Å². The molecule has 0 saturated heterocycles. The van der Waals surface area contributed by atoms with Crippen LogP contribution in [0.25, 0.3) is 10.9 Å². The minimum absolute atomic E-state index is 0.143. The molecule has 4 rings (SSSR count). The highest BCUT2D eigenvalue weighted by atomic mass is 16.4. The molecular formula is C28H30N2O3. The first kappa shape index (κ1) is 22.8. The number of nitrogens with zero attached hydrogens (tertiary/aromatic N) is 2. The largest absolute Gasteiger partial charge is 0.478 e. The van der Waals surface area contributed by atoms with Crippen molar-refractivity contribution < 1.29 is 14.7 Å². The van der Waals surface area contributed by atoms with E-state index in [2.05, 4.69) is 13.0 Å². The van der Waals surface area contributed by atoms with E-state index in [1.807, 2.05) is 6.07 Å². The molecule has 2 aromatic carbocycles. The van der Waals surface area contributed by atoms with E-state index >= 15 is 0 Å². The number of carboxylic acid groups (broad SMARTS) is 1. The Morgan fingerprint density at radius 3 is 2.73 bits per heavy atom. The fourth-order valence-corrected chi connectivity index (χ4v) is 5.24. The van der Waals surface area contributed by atoms with Crippen LogP contribution in [0.15, 0.2) is 42.5 Å². The van der Waals surface area contributed by atoms with Gasteiger partial charge < -0.3 is 5.11 Å². The summed E-state index contributed by atoms with van der Waals surface area (Å²) in [7, 11) is 0. The van der Waals surface area contributed by atoms with Crippen LogP contribution < -0.4 is 0 Å². The Hall–Kier alpha value is -3.39. The molecule has 0 radical (unpaired) electrons. The second-order valence-corrected chi connectivity index (χ2v) is 9.08. The number of aromatic nitrogens is 1. The lowest BCUT2D eigenvalue weighted by Crippen LogP contribution is -2.18. The van der Waals surface area contributed by atoms with Gasteiger partial charge in [0.2, 0.25) is 0 Å². The number of unbranched alkanes of at least 4 members (excludes halogenated alkanes) is 3. The number of aryl methyl sites for hydroxylation is 1. The lowest BCUT2D eigenvalue weighted by Gasteiger charge is -2.17. The van der Waals surface area contributed by atoms with E-state index in [1.54, 1.807) is 41.0 Å². The fraction of sp³-hybridized carbons (Fsp3) is 0.393. The highest BCUT2D eigenvalue weighted by Crippen LogP contribution is 2.37. The van der Waals surface area contributed by atoms with Gasteiger partial charge in [-0.3, -0.25) is 9.36 Å². The Bertz CT molecular complexity index is 1230. The molecule has 1 aliphatic rings. The maximum Gasteiger partial charge on any atom is 0.337 e. The van der Waals surface area contributed by atoms with Crippen molar-refractivity contribution >= 4 is 22.8 Å². The summed E-state index contributed by atoms with van der Waals surface area (Å²) in [6.07, 6.45) is 9.78. The van der Waals surface area contributed by atoms with Gasteiger partial charge in [0, 0.05) is 16.6 Å². The first-order chi connectivity index (χ1) is 16.0. The zero-order valence-corrected chi connectivity index (χ0v) is 19.1. The first-order valence-corrected chi connectivity index (χ1v) is 12.0. The molecule has 1 atom stereocenters. The molecule has 1 heterocycles. The van der Waals surface area contributed by atoms with Crippen molar-refractivity contribution in [2.24, 2.45) is 5.92 Å². The number of hydrogen-bond acceptors (Lipinski definition) is 3. The Balaban J connectivity index is 1.85. The predicted octanol–water partition coefficient (Wildman–Crippen LogP) is 6.37. The fourth-order valence-electron chi connectivity index (χ4n) is 5.24. The summed E-state index contributed by atoms with van der Waals surface area (Å²) in [6.45, 7) is 2.21. The number of carboxylic acids is 1. The molecule has 1 aromatic heterocycles. The summed E-state index contributed by atoms with van der Waals surface area (Å²) in [6, 6.07) is 14.0. The molecule has 0 aliphatic heterocycles. The van der Waals surface area contributed by atoms with E-state index in [9.17, 15) is 20.0 Å². The van der Waals surface area contributed by atoms with Gasteiger partial charge in [-0.1, -0.05) is 57.2 Å². The smallest absolute Gasteiger partial charge is 0.337 e. The van der Waals surface area contributed by atoms with E-state index in [-0.39, 0.29) is 11.5 Å². The number of para-hydroxylation sites is 1. The topological polar surface area (TPSA) is 83.1 Å². The third-order valence-corrected chi connectivity index (χ3v) is 6.86. The molecule has 1 aliphatic carbocycles. The molecule has 0 saturated carbocycles. The van der Waals surface area contributed by atoms with Crippen LogP contribution in [0.4, 0.5) is 0 Å². The molecule has 5 heteroatoms. The van der Waals surface area contributed by atoms with Crippen LogP contribution in [0.3, 0.4) is 0 Å². The average molecular weight is 443 g/mol. The van der Waals surface area contributed by atoms with Crippen LogP contribution in [-0.2, 0) is 12.8 Å². The molecule has 170 valence electrons. The van der Waals surface area contributed by atoms with Gasteiger partial charge >= 0.3 is 5.97 Å². The van der Waals surface area contributed by atoms with Gasteiger partial charge in [-0.25, -0.2) is 4.79 Å². The van der Waals surface area contributed by atoms with Gasteiger partial charge in [-0.2, -0.15) is 5.26 Å². The van der Waals surface area contributed by atoms with Crippen molar-refractivity contribution in [1.29, 1.82) is 5.26 Å². The highest BCUT2D eigenvalue weighted by Gasteiger charge is 2.29. The minimum atomic E-state index is -1.04. The summed E-state index contributed by atoms with van der Waals surface area (Å²) >= 11 is 0. The van der Waals surface area contributed by atoms with Gasteiger partial charge in [0.25, 0.3) is 5.91 Å². The van der Waals surface area contributed by atoms with E-state index in [4.69, 9.17) is 0 Å².